The van der Waals surface area contributed by atoms with Gasteiger partial charge in [0.2, 0.25) is 5.91 Å². The molecule has 2 N–H and O–H groups in total. The molecule has 1 amide bonds. The van der Waals surface area contributed by atoms with Gasteiger partial charge in [0.1, 0.15) is 0 Å². The summed E-state index contributed by atoms with van der Waals surface area (Å²) in [5.41, 5.74) is 1.37. The zero-order chi connectivity index (χ0) is 19.3. The van der Waals surface area contributed by atoms with E-state index in [9.17, 15) is 13.2 Å². The van der Waals surface area contributed by atoms with Gasteiger partial charge in [-0.2, -0.15) is 0 Å². The first-order chi connectivity index (χ1) is 12.9. The summed E-state index contributed by atoms with van der Waals surface area (Å²) in [5, 5.41) is 4.66. The highest BCUT2D eigenvalue weighted by Gasteiger charge is 2.15. The van der Waals surface area contributed by atoms with Crippen molar-refractivity contribution in [3.63, 3.8) is 0 Å². The zero-order valence-corrected chi connectivity index (χ0v) is 17.0. The fourth-order valence-corrected chi connectivity index (χ4v) is 4.33. The van der Waals surface area contributed by atoms with E-state index in [1.165, 1.54) is 47.9 Å². The second-order valence-corrected chi connectivity index (χ2v) is 8.74. The van der Waals surface area contributed by atoms with Crippen LogP contribution in [0.25, 0.3) is 6.08 Å². The Morgan fingerprint density at radius 3 is 2.52 bits per heavy atom. The van der Waals surface area contributed by atoms with Gasteiger partial charge in [0.15, 0.2) is 5.13 Å². The second kappa shape index (κ2) is 8.47. The van der Waals surface area contributed by atoms with Gasteiger partial charge in [-0.15, -0.1) is 11.3 Å². The minimum Gasteiger partial charge on any atom is -0.323 e. The van der Waals surface area contributed by atoms with Crippen molar-refractivity contribution >= 4 is 60.1 Å². The van der Waals surface area contributed by atoms with Gasteiger partial charge in [-0.05, 0) is 42.0 Å². The third-order valence-corrected chi connectivity index (χ3v) is 6.30. The number of aromatic nitrogens is 1. The maximum atomic E-state index is 12.3. The minimum absolute atomic E-state index is 0.0828. The first-order valence-electron chi connectivity index (χ1n) is 7.70. The first-order valence-corrected chi connectivity index (χ1v) is 10.9. The molecule has 0 bridgehead atoms. The molecule has 0 aliphatic carbocycles. The Morgan fingerprint density at radius 2 is 1.85 bits per heavy atom. The van der Waals surface area contributed by atoms with Crippen LogP contribution in [-0.2, 0) is 14.8 Å². The Hall–Kier alpha value is -2.49. The van der Waals surface area contributed by atoms with Gasteiger partial charge in [0, 0.05) is 27.8 Å². The lowest BCUT2D eigenvalue weighted by Crippen LogP contribution is -2.13. The Kier molecular flexibility index (Phi) is 6.04. The number of nitrogens with zero attached hydrogens (tertiary/aromatic N) is 1. The van der Waals surface area contributed by atoms with Gasteiger partial charge in [-0.1, -0.05) is 34.1 Å². The standard InChI is InChI=1S/C18H14BrN3O3S2/c19-16-4-2-1-3-13(16)5-10-17(23)21-14-6-8-15(9-7-14)27(24,25)22-18-20-11-12-26-18/h1-12H,(H,20,22)(H,21,23). The molecule has 0 aliphatic rings. The van der Waals surface area contributed by atoms with E-state index in [1.54, 1.807) is 11.5 Å². The number of carbonyl (C=O) groups excluding carboxylic acids is 1. The van der Waals surface area contributed by atoms with Crippen molar-refractivity contribution in [2.75, 3.05) is 10.0 Å². The van der Waals surface area contributed by atoms with Gasteiger partial charge in [-0.25, -0.2) is 13.4 Å². The Bertz CT molecular complexity index is 1060. The quantitative estimate of drug-likeness (QED) is 0.531. The van der Waals surface area contributed by atoms with Crippen molar-refractivity contribution in [1.29, 1.82) is 0 Å². The predicted molar refractivity (Wildman–Crippen MR) is 111 cm³/mol. The molecular formula is C18H14BrN3O3S2. The molecule has 1 aromatic heterocycles. The van der Waals surface area contributed by atoms with Crippen LogP contribution >= 0.6 is 27.3 Å². The third-order valence-electron chi connectivity index (χ3n) is 3.41. The van der Waals surface area contributed by atoms with Crippen molar-refractivity contribution in [3.8, 4) is 0 Å². The minimum atomic E-state index is -3.71. The summed E-state index contributed by atoms with van der Waals surface area (Å²) in [6.45, 7) is 0. The van der Waals surface area contributed by atoms with Crippen LogP contribution in [0.1, 0.15) is 5.56 Å². The Balaban J connectivity index is 1.65. The first kappa shape index (κ1) is 19.3. The molecule has 0 radical (unpaired) electrons. The number of hydrogen-bond acceptors (Lipinski definition) is 5. The van der Waals surface area contributed by atoms with E-state index < -0.39 is 10.0 Å². The van der Waals surface area contributed by atoms with E-state index in [0.717, 1.165) is 10.0 Å². The molecule has 3 aromatic rings. The van der Waals surface area contributed by atoms with Crippen molar-refractivity contribution in [2.45, 2.75) is 4.90 Å². The average molecular weight is 464 g/mol. The summed E-state index contributed by atoms with van der Waals surface area (Å²) in [6.07, 6.45) is 4.62. The topological polar surface area (TPSA) is 88.2 Å². The summed E-state index contributed by atoms with van der Waals surface area (Å²) in [5.74, 6) is -0.317. The molecule has 0 atom stereocenters. The third kappa shape index (κ3) is 5.25. The molecule has 6 nitrogen and oxygen atoms in total. The summed E-state index contributed by atoms with van der Waals surface area (Å²) in [4.78, 5) is 16.0. The smallest absolute Gasteiger partial charge is 0.263 e. The van der Waals surface area contributed by atoms with Gasteiger partial charge in [0.25, 0.3) is 10.0 Å². The number of hydrogen-bond donors (Lipinski definition) is 2. The molecule has 0 saturated carbocycles. The zero-order valence-electron chi connectivity index (χ0n) is 13.8. The number of amides is 1. The molecule has 0 spiro atoms. The molecule has 9 heteroatoms. The van der Waals surface area contributed by atoms with Crippen LogP contribution in [0.4, 0.5) is 10.8 Å². The van der Waals surface area contributed by atoms with Crippen molar-refractivity contribution in [3.05, 3.63) is 76.2 Å². The number of thiazole rings is 1. The summed E-state index contributed by atoms with van der Waals surface area (Å²) >= 11 is 4.60. The number of anilines is 2. The van der Waals surface area contributed by atoms with Gasteiger partial charge in [-0.3, -0.25) is 9.52 Å². The highest BCUT2D eigenvalue weighted by Crippen LogP contribution is 2.20. The number of benzene rings is 2. The second-order valence-electron chi connectivity index (χ2n) is 5.31. The molecular weight excluding hydrogens is 450 g/mol. The average Bonchev–Trinajstić information content (AvgIpc) is 3.14. The summed E-state index contributed by atoms with van der Waals surface area (Å²) in [7, 11) is -3.71. The van der Waals surface area contributed by atoms with Crippen LogP contribution in [0, 0.1) is 0 Å². The molecule has 1 heterocycles. The molecule has 0 saturated heterocycles. The number of carbonyl (C=O) groups is 1. The van der Waals surface area contributed by atoms with Crippen molar-refractivity contribution in [1.82, 2.24) is 4.98 Å². The molecule has 0 aliphatic heterocycles. The van der Waals surface area contributed by atoms with Crippen LogP contribution in [0.3, 0.4) is 0 Å². The van der Waals surface area contributed by atoms with E-state index in [1.807, 2.05) is 24.3 Å². The van der Waals surface area contributed by atoms with Crippen LogP contribution in [0.2, 0.25) is 0 Å². The molecule has 138 valence electrons. The van der Waals surface area contributed by atoms with Crippen LogP contribution < -0.4 is 10.0 Å². The maximum Gasteiger partial charge on any atom is 0.263 e. The fraction of sp³-hybridized carbons (Fsp3) is 0. The monoisotopic (exact) mass is 463 g/mol. The molecule has 27 heavy (non-hydrogen) atoms. The maximum absolute atomic E-state index is 12.3. The van der Waals surface area contributed by atoms with E-state index in [4.69, 9.17) is 0 Å². The Labute approximate surface area is 169 Å². The highest BCUT2D eigenvalue weighted by atomic mass is 79.9. The largest absolute Gasteiger partial charge is 0.323 e. The highest BCUT2D eigenvalue weighted by molar-refractivity contribution is 9.10. The van der Waals surface area contributed by atoms with E-state index in [2.05, 4.69) is 31.0 Å². The van der Waals surface area contributed by atoms with E-state index in [0.29, 0.717) is 10.8 Å². The lowest BCUT2D eigenvalue weighted by molar-refractivity contribution is -0.111. The summed E-state index contributed by atoms with van der Waals surface area (Å²) in [6, 6.07) is 13.4. The van der Waals surface area contributed by atoms with Crippen LogP contribution in [0.15, 0.2) is 75.6 Å². The molecule has 0 unspecified atom stereocenters. The van der Waals surface area contributed by atoms with Gasteiger partial charge in [0.05, 0.1) is 4.90 Å². The fourth-order valence-electron chi connectivity index (χ4n) is 2.12. The van der Waals surface area contributed by atoms with E-state index >= 15 is 0 Å². The molecule has 2 aromatic carbocycles. The summed E-state index contributed by atoms with van der Waals surface area (Å²) < 4.78 is 27.8. The predicted octanol–water partition coefficient (Wildman–Crippen LogP) is 4.36. The lowest BCUT2D eigenvalue weighted by Gasteiger charge is -2.07. The molecule has 3 rings (SSSR count). The SMILES string of the molecule is O=C(C=Cc1ccccc1Br)Nc1ccc(S(=O)(=O)Nc2nccs2)cc1. The normalized spacial score (nSPS) is 11.4. The van der Waals surface area contributed by atoms with Gasteiger partial charge >= 0.3 is 0 Å². The van der Waals surface area contributed by atoms with Crippen LogP contribution in [-0.4, -0.2) is 19.3 Å². The van der Waals surface area contributed by atoms with Crippen LogP contribution in [0.5, 0.6) is 0 Å². The number of nitrogens with one attached hydrogen (secondary N) is 2. The number of rotatable bonds is 6. The van der Waals surface area contributed by atoms with Crippen molar-refractivity contribution < 1.29 is 13.2 Å². The lowest BCUT2D eigenvalue weighted by atomic mass is 10.2. The van der Waals surface area contributed by atoms with E-state index in [-0.39, 0.29) is 10.8 Å². The molecule has 0 fully saturated rings. The number of halogens is 1. The van der Waals surface area contributed by atoms with Gasteiger partial charge < -0.3 is 5.32 Å². The van der Waals surface area contributed by atoms with Crippen molar-refractivity contribution in [2.24, 2.45) is 0 Å². The Morgan fingerprint density at radius 1 is 1.11 bits per heavy atom. The number of sulfonamides is 1.